The Morgan fingerprint density at radius 3 is 0.907 bits per heavy atom. The van der Waals surface area contributed by atoms with Gasteiger partial charge in [0.15, 0.2) is 0 Å². The number of hydrogen-bond acceptors (Lipinski definition) is 5. The van der Waals surface area contributed by atoms with Gasteiger partial charge in [-0.05, 0) is 57.8 Å². The minimum absolute atomic E-state index is 0.0157. The molecule has 0 aliphatic heterocycles. The van der Waals surface area contributed by atoms with Crippen molar-refractivity contribution in [1.29, 1.82) is 0 Å². The lowest BCUT2D eigenvalue weighted by molar-refractivity contribution is -0.143. The molecule has 0 aliphatic carbocycles. The van der Waals surface area contributed by atoms with Gasteiger partial charge in [0, 0.05) is 12.8 Å². The SMILES string of the molecule is CCCCC/C=C\C/C=C\CCCCCCCCCC(=O)OCCCCCCCCCCCCCCCCCCCCCCCCCCCCCCCCCCCCCC(=O)NC(CO)C(O)CCCCCCCCCCCCCCCCCCC. The van der Waals surface area contributed by atoms with Crippen molar-refractivity contribution in [3.05, 3.63) is 24.3 Å². The van der Waals surface area contributed by atoms with Gasteiger partial charge in [-0.3, -0.25) is 9.59 Å². The van der Waals surface area contributed by atoms with Gasteiger partial charge in [0.25, 0.3) is 0 Å². The zero-order valence-corrected chi connectivity index (χ0v) is 58.6. The Bertz CT molecular complexity index is 1350. The second-order valence-electron chi connectivity index (χ2n) is 27.4. The Labute approximate surface area is 539 Å². The predicted octanol–water partition coefficient (Wildman–Crippen LogP) is 26.0. The number of aliphatic hydroxyl groups excluding tert-OH is 2. The number of carbonyl (C=O) groups excluding carboxylic acids is 2. The molecule has 6 nitrogen and oxygen atoms in total. The Morgan fingerprint density at radius 2 is 0.581 bits per heavy atom. The summed E-state index contributed by atoms with van der Waals surface area (Å²) in [6, 6.07) is -0.537. The quantitative estimate of drug-likeness (QED) is 0.0320. The third-order valence-electron chi connectivity index (χ3n) is 18.8. The highest BCUT2D eigenvalue weighted by Gasteiger charge is 2.20. The van der Waals surface area contributed by atoms with Crippen molar-refractivity contribution in [2.24, 2.45) is 0 Å². The fourth-order valence-electron chi connectivity index (χ4n) is 12.7. The Hall–Kier alpha value is -1.66. The average Bonchev–Trinajstić information content (AvgIpc) is 3.59. The summed E-state index contributed by atoms with van der Waals surface area (Å²) in [5.41, 5.74) is 0. The molecule has 0 heterocycles. The molecule has 86 heavy (non-hydrogen) atoms. The lowest BCUT2D eigenvalue weighted by atomic mass is 10.0. The zero-order chi connectivity index (χ0) is 62.0. The van der Waals surface area contributed by atoms with E-state index in [0.717, 1.165) is 51.4 Å². The number of carbonyl (C=O) groups is 2. The monoisotopic (exact) mass is 1210 g/mol. The molecule has 0 aliphatic rings. The van der Waals surface area contributed by atoms with Crippen LogP contribution in [0.15, 0.2) is 24.3 Å². The summed E-state index contributed by atoms with van der Waals surface area (Å²) in [6.45, 7) is 4.97. The number of unbranched alkanes of at least 4 members (excludes halogenated alkanes) is 60. The maximum absolute atomic E-state index is 12.5. The third-order valence-corrected chi connectivity index (χ3v) is 18.8. The molecule has 0 saturated carbocycles. The Morgan fingerprint density at radius 1 is 0.326 bits per heavy atom. The molecule has 2 unspecified atom stereocenters. The molecule has 0 fully saturated rings. The Kier molecular flexibility index (Phi) is 74.3. The lowest BCUT2D eigenvalue weighted by Crippen LogP contribution is -2.45. The van der Waals surface area contributed by atoms with Crippen LogP contribution in [0.4, 0.5) is 0 Å². The molecule has 510 valence electrons. The van der Waals surface area contributed by atoms with Gasteiger partial charge in [-0.15, -0.1) is 0 Å². The molecule has 6 heteroatoms. The molecule has 1 amide bonds. The highest BCUT2D eigenvalue weighted by Crippen LogP contribution is 2.20. The maximum atomic E-state index is 12.5. The van der Waals surface area contributed by atoms with E-state index in [1.165, 1.54) is 366 Å². The number of ether oxygens (including phenoxy) is 1. The molecular formula is C80H155NO5. The van der Waals surface area contributed by atoms with E-state index >= 15 is 0 Å². The Balaban J connectivity index is 3.30. The number of esters is 1. The first-order chi connectivity index (χ1) is 42.5. The van der Waals surface area contributed by atoms with Crippen molar-refractivity contribution < 1.29 is 24.5 Å². The van der Waals surface area contributed by atoms with Gasteiger partial charge in [0.2, 0.25) is 5.91 Å². The highest BCUT2D eigenvalue weighted by molar-refractivity contribution is 5.76. The highest BCUT2D eigenvalue weighted by atomic mass is 16.5. The smallest absolute Gasteiger partial charge is 0.305 e. The molecular weight excluding hydrogens is 1050 g/mol. The van der Waals surface area contributed by atoms with Gasteiger partial charge in [-0.25, -0.2) is 0 Å². The van der Waals surface area contributed by atoms with Crippen LogP contribution >= 0.6 is 0 Å². The minimum Gasteiger partial charge on any atom is -0.466 e. The molecule has 0 aromatic carbocycles. The normalized spacial score (nSPS) is 12.6. The first-order valence-corrected chi connectivity index (χ1v) is 39.6. The predicted molar refractivity (Wildman–Crippen MR) is 380 cm³/mol. The fraction of sp³-hybridized carbons (Fsp3) is 0.925. The lowest BCUT2D eigenvalue weighted by Gasteiger charge is -2.22. The molecule has 0 saturated heterocycles. The number of aliphatic hydroxyl groups is 2. The third kappa shape index (κ3) is 71.4. The topological polar surface area (TPSA) is 95.9 Å². The van der Waals surface area contributed by atoms with Gasteiger partial charge in [0.05, 0.1) is 25.4 Å². The summed E-state index contributed by atoms with van der Waals surface area (Å²) in [7, 11) is 0. The first-order valence-electron chi connectivity index (χ1n) is 39.6. The molecule has 0 rings (SSSR count). The molecule has 3 N–H and O–H groups in total. The fourth-order valence-corrected chi connectivity index (χ4v) is 12.7. The van der Waals surface area contributed by atoms with Gasteiger partial charge in [0.1, 0.15) is 0 Å². The number of amides is 1. The van der Waals surface area contributed by atoms with Crippen molar-refractivity contribution in [3.8, 4) is 0 Å². The van der Waals surface area contributed by atoms with Crippen LogP contribution in [-0.2, 0) is 14.3 Å². The van der Waals surface area contributed by atoms with E-state index in [-0.39, 0.29) is 18.5 Å². The van der Waals surface area contributed by atoms with Gasteiger partial charge < -0.3 is 20.3 Å². The summed E-state index contributed by atoms with van der Waals surface area (Å²) < 4.78 is 5.51. The second-order valence-corrected chi connectivity index (χ2v) is 27.4. The van der Waals surface area contributed by atoms with Crippen LogP contribution in [0.1, 0.15) is 450 Å². The van der Waals surface area contributed by atoms with Gasteiger partial charge in [-0.2, -0.15) is 0 Å². The van der Waals surface area contributed by atoms with Crippen LogP contribution < -0.4 is 5.32 Å². The number of rotatable bonds is 75. The largest absolute Gasteiger partial charge is 0.466 e. The molecule has 0 bridgehead atoms. The molecule has 0 spiro atoms. The van der Waals surface area contributed by atoms with Crippen molar-refractivity contribution in [2.45, 2.75) is 463 Å². The van der Waals surface area contributed by atoms with E-state index in [2.05, 4.69) is 43.5 Å². The average molecular weight is 1210 g/mol. The molecule has 0 radical (unpaired) electrons. The number of allylic oxidation sites excluding steroid dienone is 4. The van der Waals surface area contributed by atoms with Gasteiger partial charge in [-0.1, -0.05) is 404 Å². The van der Waals surface area contributed by atoms with E-state index in [1.54, 1.807) is 0 Å². The summed E-state index contributed by atoms with van der Waals surface area (Å²) in [4.78, 5) is 24.6. The zero-order valence-electron chi connectivity index (χ0n) is 58.6. The van der Waals surface area contributed by atoms with E-state index in [1.807, 2.05) is 0 Å². The summed E-state index contributed by atoms with van der Waals surface area (Å²) >= 11 is 0. The summed E-state index contributed by atoms with van der Waals surface area (Å²) in [5, 5.41) is 23.4. The maximum Gasteiger partial charge on any atom is 0.305 e. The van der Waals surface area contributed by atoms with Crippen LogP contribution in [0.2, 0.25) is 0 Å². The molecule has 0 aromatic rings. The van der Waals surface area contributed by atoms with Crippen LogP contribution in [0.25, 0.3) is 0 Å². The van der Waals surface area contributed by atoms with Crippen molar-refractivity contribution >= 4 is 11.9 Å². The van der Waals surface area contributed by atoms with Crippen molar-refractivity contribution in [2.75, 3.05) is 13.2 Å². The minimum atomic E-state index is -0.660. The van der Waals surface area contributed by atoms with E-state index < -0.39 is 12.1 Å². The van der Waals surface area contributed by atoms with Crippen molar-refractivity contribution in [3.63, 3.8) is 0 Å². The standard InChI is InChI=1S/C80H155NO5/c1-3-5-7-9-11-13-15-17-19-40-44-48-52-56-60-64-68-72-78(83)77(76-82)81-79(84)73-69-65-61-57-53-49-45-42-38-36-34-32-30-28-26-24-22-21-23-25-27-29-31-33-35-37-39-43-47-51-55-59-63-67-71-75-86-80(85)74-70-66-62-58-54-50-46-41-20-18-16-14-12-10-8-6-4-2/h12,14,18,20,77-78,82-83H,3-11,13,15-17,19,21-76H2,1-2H3,(H,81,84)/b14-12-,20-18-. The van der Waals surface area contributed by atoms with Crippen LogP contribution in [0, 0.1) is 0 Å². The van der Waals surface area contributed by atoms with Crippen LogP contribution in [0.5, 0.6) is 0 Å². The number of nitrogens with one attached hydrogen (secondary N) is 1. The van der Waals surface area contributed by atoms with Crippen LogP contribution in [-0.4, -0.2) is 47.4 Å². The molecule has 2 atom stereocenters. The van der Waals surface area contributed by atoms with Gasteiger partial charge >= 0.3 is 5.97 Å². The van der Waals surface area contributed by atoms with E-state index in [0.29, 0.717) is 25.9 Å². The van der Waals surface area contributed by atoms with E-state index in [4.69, 9.17) is 4.74 Å². The summed E-state index contributed by atoms with van der Waals surface area (Å²) in [5.74, 6) is -0.00963. The first kappa shape index (κ1) is 84.3. The van der Waals surface area contributed by atoms with E-state index in [9.17, 15) is 19.8 Å². The molecule has 0 aromatic heterocycles. The summed E-state index contributed by atoms with van der Waals surface area (Å²) in [6.07, 6.45) is 97.0. The number of hydrogen-bond donors (Lipinski definition) is 3. The van der Waals surface area contributed by atoms with Crippen molar-refractivity contribution in [1.82, 2.24) is 5.32 Å². The second kappa shape index (κ2) is 75.8. The van der Waals surface area contributed by atoms with Crippen LogP contribution in [0.3, 0.4) is 0 Å².